The summed E-state index contributed by atoms with van der Waals surface area (Å²) in [6, 6.07) is 11.6. The monoisotopic (exact) mass is 404 g/mol. The summed E-state index contributed by atoms with van der Waals surface area (Å²) in [7, 11) is 1.86. The number of fused-ring (bicyclic) bond motifs is 1. The van der Waals surface area contributed by atoms with Gasteiger partial charge in [0.2, 0.25) is 0 Å². The Morgan fingerprint density at radius 1 is 1.21 bits per heavy atom. The highest BCUT2D eigenvalue weighted by molar-refractivity contribution is 6.29. The highest BCUT2D eigenvalue weighted by atomic mass is 35.5. The zero-order valence-corrected chi connectivity index (χ0v) is 16.5. The van der Waals surface area contributed by atoms with E-state index in [4.69, 9.17) is 29.0 Å². The number of hydrogen-bond donors (Lipinski definition) is 1. The summed E-state index contributed by atoms with van der Waals surface area (Å²) in [6.45, 7) is 9.46. The minimum atomic E-state index is -0.187. The lowest BCUT2D eigenvalue weighted by atomic mass is 10.0. The molecule has 0 radical (unpaired) electrons. The molecule has 0 bridgehead atoms. The predicted octanol–water partition coefficient (Wildman–Crippen LogP) is 4.17. The van der Waals surface area contributed by atoms with Crippen LogP contribution in [0.1, 0.15) is 18.5 Å². The third kappa shape index (κ3) is 3.22. The van der Waals surface area contributed by atoms with Gasteiger partial charge in [-0.1, -0.05) is 41.9 Å². The van der Waals surface area contributed by atoms with Crippen LogP contribution in [0.25, 0.3) is 21.7 Å². The first-order valence-corrected chi connectivity index (χ1v) is 9.19. The fourth-order valence-electron chi connectivity index (χ4n) is 3.18. The average molecular weight is 405 g/mol. The average Bonchev–Trinajstić information content (AvgIpc) is 3.12. The van der Waals surface area contributed by atoms with E-state index in [1.54, 1.807) is 10.7 Å². The van der Waals surface area contributed by atoms with Crippen LogP contribution in [0.2, 0.25) is 5.15 Å². The number of hydrogen-bond acceptors (Lipinski definition) is 6. The van der Waals surface area contributed by atoms with E-state index in [9.17, 15) is 0 Å². The lowest BCUT2D eigenvalue weighted by Crippen LogP contribution is -2.24. The Bertz CT molecular complexity index is 1230. The Morgan fingerprint density at radius 3 is 2.69 bits per heavy atom. The van der Waals surface area contributed by atoms with Gasteiger partial charge in [0.15, 0.2) is 10.8 Å². The van der Waals surface area contributed by atoms with Crippen LogP contribution in [0.5, 0.6) is 0 Å². The van der Waals surface area contributed by atoms with Crippen LogP contribution in [0.3, 0.4) is 0 Å². The predicted molar refractivity (Wildman–Crippen MR) is 113 cm³/mol. The number of halogens is 1. The van der Waals surface area contributed by atoms with Crippen molar-refractivity contribution >= 4 is 34.6 Å². The first kappa shape index (κ1) is 18.7. The number of rotatable bonds is 4. The third-order valence-electron chi connectivity index (χ3n) is 4.84. The molecule has 8 nitrogen and oxygen atoms in total. The fourth-order valence-corrected chi connectivity index (χ4v) is 3.35. The van der Waals surface area contributed by atoms with E-state index >= 15 is 0 Å². The van der Waals surface area contributed by atoms with Gasteiger partial charge in [0.25, 0.3) is 5.69 Å². The molecule has 0 saturated carbocycles. The first-order chi connectivity index (χ1) is 14.0. The second-order valence-corrected chi connectivity index (χ2v) is 6.88. The van der Waals surface area contributed by atoms with Crippen molar-refractivity contribution in [1.82, 2.24) is 24.6 Å². The molecule has 0 unspecified atom stereocenters. The Kier molecular flexibility index (Phi) is 4.74. The van der Waals surface area contributed by atoms with Crippen LogP contribution < -0.4 is 10.6 Å². The summed E-state index contributed by atoms with van der Waals surface area (Å²) in [5.41, 5.74) is 9.37. The van der Waals surface area contributed by atoms with Gasteiger partial charge in [-0.05, 0) is 13.0 Å². The lowest BCUT2D eigenvalue weighted by Gasteiger charge is -2.28. The second-order valence-electron chi connectivity index (χ2n) is 6.50. The van der Waals surface area contributed by atoms with E-state index in [0.717, 1.165) is 16.8 Å². The van der Waals surface area contributed by atoms with Crippen molar-refractivity contribution in [3.8, 4) is 11.3 Å². The minimum Gasteiger partial charge on any atom is -0.392 e. The molecule has 1 aromatic carbocycles. The molecule has 1 atom stereocenters. The molecule has 0 aliphatic rings. The molecule has 3 aromatic heterocycles. The Balaban J connectivity index is 1.89. The zero-order valence-electron chi connectivity index (χ0n) is 15.8. The molecule has 0 amide bonds. The molecular weight excluding hydrogens is 388 g/mol. The molecule has 0 aliphatic carbocycles. The molecule has 9 heteroatoms. The van der Waals surface area contributed by atoms with Crippen molar-refractivity contribution in [2.45, 2.75) is 13.0 Å². The van der Waals surface area contributed by atoms with Gasteiger partial charge in [-0.15, -0.1) is 0 Å². The van der Waals surface area contributed by atoms with Crippen LogP contribution >= 0.6 is 11.6 Å². The van der Waals surface area contributed by atoms with Gasteiger partial charge in [0, 0.05) is 18.2 Å². The molecule has 0 fully saturated rings. The van der Waals surface area contributed by atoms with E-state index in [1.807, 2.05) is 55.3 Å². The molecule has 0 saturated heterocycles. The molecule has 4 rings (SSSR count). The van der Waals surface area contributed by atoms with Crippen LogP contribution in [-0.4, -0.2) is 31.6 Å². The summed E-state index contributed by atoms with van der Waals surface area (Å²) in [4.78, 5) is 17.9. The van der Waals surface area contributed by atoms with Crippen molar-refractivity contribution in [2.24, 2.45) is 0 Å². The molecule has 0 aliphatic heterocycles. The number of anilines is 2. The van der Waals surface area contributed by atoms with Crippen molar-refractivity contribution in [3.63, 3.8) is 0 Å². The van der Waals surface area contributed by atoms with Crippen LogP contribution in [-0.2, 0) is 0 Å². The number of benzene rings is 1. The zero-order chi connectivity index (χ0) is 20.5. The molecule has 144 valence electrons. The van der Waals surface area contributed by atoms with Crippen molar-refractivity contribution in [3.05, 3.63) is 71.1 Å². The quantitative estimate of drug-likeness (QED) is 0.513. The Labute approximate surface area is 172 Å². The van der Waals surface area contributed by atoms with Gasteiger partial charge in [-0.3, -0.25) is 0 Å². The van der Waals surface area contributed by atoms with Gasteiger partial charge >= 0.3 is 0 Å². The normalized spacial score (nSPS) is 11.9. The van der Waals surface area contributed by atoms with E-state index in [1.165, 1.54) is 6.33 Å². The van der Waals surface area contributed by atoms with Gasteiger partial charge in [-0.25, -0.2) is 24.3 Å². The van der Waals surface area contributed by atoms with Crippen LogP contribution in [0, 0.1) is 6.57 Å². The summed E-state index contributed by atoms with van der Waals surface area (Å²) < 4.78 is 1.60. The number of nitrogens with two attached hydrogens (primary N) is 1. The van der Waals surface area contributed by atoms with Crippen molar-refractivity contribution < 1.29 is 0 Å². The molecule has 0 spiro atoms. The van der Waals surface area contributed by atoms with Gasteiger partial charge in [0.1, 0.15) is 18.0 Å². The number of nitrogen functional groups attached to an aromatic ring is 1. The summed E-state index contributed by atoms with van der Waals surface area (Å²) >= 11 is 6.24. The van der Waals surface area contributed by atoms with E-state index in [0.29, 0.717) is 16.6 Å². The Morgan fingerprint density at radius 2 is 1.97 bits per heavy atom. The van der Waals surface area contributed by atoms with Crippen LogP contribution in [0.15, 0.2) is 48.9 Å². The van der Waals surface area contributed by atoms with E-state index in [-0.39, 0.29) is 17.5 Å². The molecule has 3 heterocycles. The summed E-state index contributed by atoms with van der Waals surface area (Å²) in [6.07, 6.45) is 2.93. The maximum absolute atomic E-state index is 7.45. The van der Waals surface area contributed by atoms with Gasteiger partial charge in [0.05, 0.1) is 24.5 Å². The molecular formula is C20H17ClN8. The second kappa shape index (κ2) is 7.37. The number of imidazole rings is 1. The molecule has 29 heavy (non-hydrogen) atoms. The number of nitrogens with zero attached hydrogens (tertiary/aromatic N) is 7. The molecule has 4 aromatic rings. The van der Waals surface area contributed by atoms with E-state index in [2.05, 4.69) is 19.8 Å². The van der Waals surface area contributed by atoms with Gasteiger partial charge < -0.3 is 10.6 Å². The highest BCUT2D eigenvalue weighted by Gasteiger charge is 2.23. The van der Waals surface area contributed by atoms with Crippen LogP contribution in [0.4, 0.5) is 17.3 Å². The summed E-state index contributed by atoms with van der Waals surface area (Å²) in [5, 5.41) is 5.17. The molecule has 2 N–H and O–H groups in total. The lowest BCUT2D eigenvalue weighted by molar-refractivity contribution is 0.721. The largest absolute Gasteiger partial charge is 0.392 e. The standard InChI is InChI=1S/C20H17ClN8/c1-12(28(3)20-18(23-2)19(22)25-11-26-20)14-9-16-24-10-15(21)29(16)27-17(14)13-7-5-4-6-8-13/h4-12H,1,3H3,(H2,22,25,26)/t12-/m0/s1. The minimum absolute atomic E-state index is 0.154. The van der Waals surface area contributed by atoms with Crippen molar-refractivity contribution in [2.75, 3.05) is 17.7 Å². The summed E-state index contributed by atoms with van der Waals surface area (Å²) in [5.74, 6) is 0.612. The van der Waals surface area contributed by atoms with Crippen molar-refractivity contribution in [1.29, 1.82) is 0 Å². The maximum atomic E-state index is 7.45. The van der Waals surface area contributed by atoms with E-state index < -0.39 is 0 Å². The Hall–Kier alpha value is -3.70. The number of aromatic nitrogens is 5. The smallest absolute Gasteiger partial charge is 0.269 e. The van der Waals surface area contributed by atoms with Gasteiger partial charge in [-0.2, -0.15) is 5.10 Å². The maximum Gasteiger partial charge on any atom is 0.269 e. The topological polar surface area (TPSA) is 89.6 Å². The highest BCUT2D eigenvalue weighted by Crippen LogP contribution is 2.37. The fraction of sp³-hybridized carbons (Fsp3) is 0.150. The third-order valence-corrected chi connectivity index (χ3v) is 5.09. The SMILES string of the molecule is [C-]#[N+]c1c(N)ncnc1N(C)[C@@H](C)c1cc2ncc(Cl)n2nc1-c1ccccc1. The first-order valence-electron chi connectivity index (χ1n) is 8.81.